The maximum Gasteiger partial charge on any atom is 0.417 e. The molecule has 4 rings (SSSR count). The van der Waals surface area contributed by atoms with Gasteiger partial charge in [-0.15, -0.1) is 0 Å². The summed E-state index contributed by atoms with van der Waals surface area (Å²) in [5.74, 6) is 0. The van der Waals surface area contributed by atoms with Crippen LogP contribution >= 0.6 is 11.3 Å². The van der Waals surface area contributed by atoms with Crippen LogP contribution < -0.4 is 5.73 Å². The van der Waals surface area contributed by atoms with Crippen molar-refractivity contribution in [2.45, 2.75) is 6.18 Å². The largest absolute Gasteiger partial charge is 0.417 e. The first-order valence-corrected chi connectivity index (χ1v) is 7.71. The Bertz CT molecular complexity index is 1070. The number of hydrogen-bond donors (Lipinski definition) is 1. The molecule has 0 unspecified atom stereocenters. The number of aromatic nitrogens is 3. The van der Waals surface area contributed by atoms with Crippen molar-refractivity contribution in [3.8, 4) is 11.1 Å². The predicted octanol–water partition coefficient (Wildman–Crippen LogP) is 4.51. The number of alkyl halides is 3. The smallest absolute Gasteiger partial charge is 0.375 e. The summed E-state index contributed by atoms with van der Waals surface area (Å²) in [6.45, 7) is 0. The van der Waals surface area contributed by atoms with Gasteiger partial charge in [-0.2, -0.15) is 13.2 Å². The molecular formula is C16H9F3N4S. The number of anilines is 1. The van der Waals surface area contributed by atoms with Gasteiger partial charge in [-0.25, -0.2) is 15.0 Å². The number of rotatable bonds is 1. The van der Waals surface area contributed by atoms with Crippen molar-refractivity contribution in [3.63, 3.8) is 0 Å². The second kappa shape index (κ2) is 5.13. The van der Waals surface area contributed by atoms with Gasteiger partial charge in [0, 0.05) is 17.1 Å². The van der Waals surface area contributed by atoms with Crippen LogP contribution in [0.15, 0.2) is 42.9 Å². The van der Waals surface area contributed by atoms with E-state index in [-0.39, 0.29) is 16.2 Å². The van der Waals surface area contributed by atoms with E-state index < -0.39 is 11.7 Å². The standard InChI is InChI=1S/C16H9F3N4S/c17-16(18,19)10-3-4-12-14(23-15(20)24-12)13(10)8-1-2-9-6-21-7-22-11(9)5-8/h1-7H,(H2,20,23). The Morgan fingerprint density at radius 2 is 1.92 bits per heavy atom. The molecule has 0 saturated carbocycles. The molecule has 0 aliphatic rings. The minimum atomic E-state index is -4.50. The Morgan fingerprint density at radius 3 is 2.71 bits per heavy atom. The van der Waals surface area contributed by atoms with E-state index in [0.717, 1.165) is 22.8 Å². The molecule has 4 nitrogen and oxygen atoms in total. The maximum atomic E-state index is 13.5. The number of benzene rings is 2. The molecule has 0 fully saturated rings. The van der Waals surface area contributed by atoms with Gasteiger partial charge in [0.1, 0.15) is 6.33 Å². The third kappa shape index (κ3) is 2.35. The molecule has 0 spiro atoms. The number of nitrogens with zero attached hydrogens (tertiary/aromatic N) is 3. The van der Waals surface area contributed by atoms with Crippen molar-refractivity contribution in [3.05, 3.63) is 48.4 Å². The zero-order chi connectivity index (χ0) is 16.9. The van der Waals surface area contributed by atoms with Crippen LogP contribution in [0.4, 0.5) is 18.3 Å². The number of nitrogens with two attached hydrogens (primary N) is 1. The number of fused-ring (bicyclic) bond motifs is 2. The van der Waals surface area contributed by atoms with Crippen molar-refractivity contribution in [2.75, 3.05) is 5.73 Å². The van der Waals surface area contributed by atoms with E-state index >= 15 is 0 Å². The number of thiazole rings is 1. The first kappa shape index (κ1) is 14.8. The van der Waals surface area contributed by atoms with Gasteiger partial charge >= 0.3 is 6.18 Å². The highest BCUT2D eigenvalue weighted by atomic mass is 32.1. The summed E-state index contributed by atoms with van der Waals surface area (Å²) >= 11 is 1.16. The Morgan fingerprint density at radius 1 is 1.08 bits per heavy atom. The molecule has 0 bridgehead atoms. The van der Waals surface area contributed by atoms with E-state index in [1.54, 1.807) is 24.4 Å². The van der Waals surface area contributed by atoms with Gasteiger partial charge in [0.25, 0.3) is 0 Å². The second-order valence-corrected chi connectivity index (χ2v) is 6.24. The molecule has 0 saturated heterocycles. The van der Waals surface area contributed by atoms with E-state index in [4.69, 9.17) is 5.73 Å². The van der Waals surface area contributed by atoms with Crippen molar-refractivity contribution < 1.29 is 13.2 Å². The van der Waals surface area contributed by atoms with Gasteiger partial charge in [0.15, 0.2) is 5.13 Å². The molecule has 0 atom stereocenters. The van der Waals surface area contributed by atoms with Crippen LogP contribution in [0.25, 0.3) is 32.2 Å². The van der Waals surface area contributed by atoms with Crippen LogP contribution in [-0.4, -0.2) is 15.0 Å². The minimum absolute atomic E-state index is 0.0217. The van der Waals surface area contributed by atoms with Crippen LogP contribution in [0.1, 0.15) is 5.56 Å². The fraction of sp³-hybridized carbons (Fsp3) is 0.0625. The molecular weight excluding hydrogens is 337 g/mol. The van der Waals surface area contributed by atoms with E-state index in [1.807, 2.05) is 0 Å². The molecule has 0 aliphatic carbocycles. The van der Waals surface area contributed by atoms with Gasteiger partial charge < -0.3 is 5.73 Å². The summed E-state index contributed by atoms with van der Waals surface area (Å²) < 4.78 is 41.1. The Hall–Kier alpha value is -2.74. The average Bonchev–Trinajstić information content (AvgIpc) is 2.92. The van der Waals surface area contributed by atoms with Crippen LogP contribution in [0, 0.1) is 0 Å². The average molecular weight is 346 g/mol. The molecule has 0 radical (unpaired) electrons. The van der Waals surface area contributed by atoms with Gasteiger partial charge in [0.05, 0.1) is 21.3 Å². The van der Waals surface area contributed by atoms with Crippen molar-refractivity contribution in [1.29, 1.82) is 0 Å². The lowest BCUT2D eigenvalue weighted by Gasteiger charge is -2.14. The summed E-state index contributed by atoms with van der Waals surface area (Å²) in [6.07, 6.45) is -1.53. The first-order valence-electron chi connectivity index (χ1n) is 6.90. The van der Waals surface area contributed by atoms with Gasteiger partial charge in [-0.3, -0.25) is 0 Å². The summed E-state index contributed by atoms with van der Waals surface area (Å²) in [6, 6.07) is 7.39. The quantitative estimate of drug-likeness (QED) is 0.551. The highest BCUT2D eigenvalue weighted by Gasteiger charge is 2.35. The first-order chi connectivity index (χ1) is 11.4. The summed E-state index contributed by atoms with van der Waals surface area (Å²) in [5.41, 5.74) is 6.18. The zero-order valence-corrected chi connectivity index (χ0v) is 12.8. The molecule has 8 heteroatoms. The monoisotopic (exact) mass is 346 g/mol. The van der Waals surface area contributed by atoms with E-state index in [2.05, 4.69) is 15.0 Å². The highest BCUT2D eigenvalue weighted by Crippen LogP contribution is 2.42. The topological polar surface area (TPSA) is 64.7 Å². The van der Waals surface area contributed by atoms with Crippen LogP contribution in [0.5, 0.6) is 0 Å². The summed E-state index contributed by atoms with van der Waals surface area (Å²) in [7, 11) is 0. The second-order valence-electron chi connectivity index (χ2n) is 5.18. The third-order valence-corrected chi connectivity index (χ3v) is 4.53. The molecule has 0 amide bonds. The SMILES string of the molecule is Nc1nc2c(-c3ccc4cncnc4c3)c(C(F)(F)F)ccc2s1. The van der Waals surface area contributed by atoms with Gasteiger partial charge in [-0.05, 0) is 23.8 Å². The fourth-order valence-corrected chi connectivity index (χ4v) is 3.41. The molecule has 2 heterocycles. The van der Waals surface area contributed by atoms with Crippen LogP contribution in [0.3, 0.4) is 0 Å². The molecule has 2 aromatic heterocycles. The fourth-order valence-electron chi connectivity index (χ4n) is 2.67. The van der Waals surface area contributed by atoms with Crippen molar-refractivity contribution >= 4 is 37.6 Å². The molecule has 120 valence electrons. The summed E-state index contributed by atoms with van der Waals surface area (Å²) in [4.78, 5) is 12.1. The van der Waals surface area contributed by atoms with Gasteiger partial charge in [0.2, 0.25) is 0 Å². The Labute approximate surface area is 137 Å². The highest BCUT2D eigenvalue weighted by molar-refractivity contribution is 7.22. The summed E-state index contributed by atoms with van der Waals surface area (Å²) in [5, 5.41) is 0.980. The minimum Gasteiger partial charge on any atom is -0.375 e. The van der Waals surface area contributed by atoms with E-state index in [1.165, 1.54) is 12.4 Å². The third-order valence-electron chi connectivity index (χ3n) is 3.68. The maximum absolute atomic E-state index is 13.5. The Kier molecular flexibility index (Phi) is 3.17. The van der Waals surface area contributed by atoms with E-state index in [0.29, 0.717) is 15.8 Å². The Balaban J connectivity index is 2.08. The predicted molar refractivity (Wildman–Crippen MR) is 87.6 cm³/mol. The van der Waals surface area contributed by atoms with Crippen LogP contribution in [0.2, 0.25) is 0 Å². The van der Waals surface area contributed by atoms with E-state index in [9.17, 15) is 13.2 Å². The van der Waals surface area contributed by atoms with Crippen LogP contribution in [-0.2, 0) is 6.18 Å². The lowest BCUT2D eigenvalue weighted by molar-refractivity contribution is -0.137. The molecule has 2 N–H and O–H groups in total. The zero-order valence-electron chi connectivity index (χ0n) is 12.0. The lowest BCUT2D eigenvalue weighted by Crippen LogP contribution is -2.07. The molecule has 24 heavy (non-hydrogen) atoms. The normalized spacial score (nSPS) is 12.1. The van der Waals surface area contributed by atoms with Gasteiger partial charge in [-0.1, -0.05) is 23.5 Å². The number of hydrogen-bond acceptors (Lipinski definition) is 5. The molecule has 4 aromatic rings. The number of halogens is 3. The number of nitrogen functional groups attached to an aromatic ring is 1. The van der Waals surface area contributed by atoms with Crippen molar-refractivity contribution in [2.24, 2.45) is 0 Å². The molecule has 2 aromatic carbocycles. The molecule has 0 aliphatic heterocycles. The van der Waals surface area contributed by atoms with Crippen molar-refractivity contribution in [1.82, 2.24) is 15.0 Å². The lowest BCUT2D eigenvalue weighted by atomic mass is 9.97.